The second-order valence-electron chi connectivity index (χ2n) is 4.62. The quantitative estimate of drug-likeness (QED) is 0.781. The number of halogens is 1. The van der Waals surface area contributed by atoms with E-state index in [-0.39, 0.29) is 5.82 Å². The first-order chi connectivity index (χ1) is 10.1. The van der Waals surface area contributed by atoms with E-state index < -0.39 is 0 Å². The van der Waals surface area contributed by atoms with Crippen molar-refractivity contribution >= 4 is 11.9 Å². The maximum atomic E-state index is 14.4. The van der Waals surface area contributed by atoms with Gasteiger partial charge in [-0.2, -0.15) is 5.26 Å². The lowest BCUT2D eigenvalue weighted by Crippen LogP contribution is -2.13. The molecule has 1 aromatic carbocycles. The minimum absolute atomic E-state index is 0.266. The smallest absolute Gasteiger partial charge is 0.133 e. The van der Waals surface area contributed by atoms with Crippen molar-refractivity contribution in [1.29, 1.82) is 5.26 Å². The molecule has 1 aromatic heterocycles. The van der Waals surface area contributed by atoms with Crippen molar-refractivity contribution in [3.8, 4) is 17.3 Å². The fraction of sp³-hybridized carbons (Fsp3) is 0.312. The van der Waals surface area contributed by atoms with Crippen molar-refractivity contribution in [3.63, 3.8) is 0 Å². The molecule has 5 heteroatoms. The second kappa shape index (κ2) is 6.79. The van der Waals surface area contributed by atoms with Crippen LogP contribution in [0.25, 0.3) is 11.3 Å². The number of nitrogens with zero attached hydrogens (tertiary/aromatic N) is 3. The van der Waals surface area contributed by atoms with Crippen molar-refractivity contribution in [1.82, 2.24) is 8.87 Å². The van der Waals surface area contributed by atoms with E-state index in [1.807, 2.05) is 6.07 Å². The summed E-state index contributed by atoms with van der Waals surface area (Å²) in [7, 11) is 1.77. The minimum Gasteiger partial charge on any atom is -0.335 e. The number of benzene rings is 1. The van der Waals surface area contributed by atoms with Crippen molar-refractivity contribution in [2.75, 3.05) is 13.1 Å². The minimum atomic E-state index is -0.266. The van der Waals surface area contributed by atoms with E-state index in [0.717, 1.165) is 18.0 Å². The van der Waals surface area contributed by atoms with Crippen LogP contribution in [0.5, 0.6) is 0 Å². The fourth-order valence-electron chi connectivity index (χ4n) is 2.16. The molecule has 21 heavy (non-hydrogen) atoms. The van der Waals surface area contributed by atoms with Crippen molar-refractivity contribution in [2.24, 2.45) is 7.05 Å². The van der Waals surface area contributed by atoms with Gasteiger partial charge in [0.05, 0.1) is 5.69 Å². The second-order valence-corrected chi connectivity index (χ2v) is 5.79. The molecule has 1 heterocycles. The maximum Gasteiger partial charge on any atom is 0.133 e. The summed E-state index contributed by atoms with van der Waals surface area (Å²) in [6, 6.07) is 10.8. The predicted molar refractivity (Wildman–Crippen MR) is 84.3 cm³/mol. The monoisotopic (exact) mass is 303 g/mol. The van der Waals surface area contributed by atoms with Crippen LogP contribution in [0.2, 0.25) is 0 Å². The summed E-state index contributed by atoms with van der Waals surface area (Å²) in [6.45, 7) is 5.98. The Kier molecular flexibility index (Phi) is 5.05. The summed E-state index contributed by atoms with van der Waals surface area (Å²) in [6.07, 6.45) is 0. The van der Waals surface area contributed by atoms with Gasteiger partial charge >= 0.3 is 0 Å². The largest absolute Gasteiger partial charge is 0.335 e. The molecular formula is C16H18FN3S. The van der Waals surface area contributed by atoms with Gasteiger partial charge in [0, 0.05) is 30.6 Å². The van der Waals surface area contributed by atoms with Crippen LogP contribution in [0.15, 0.2) is 35.2 Å². The molecule has 0 spiro atoms. The van der Waals surface area contributed by atoms with Crippen LogP contribution in [0, 0.1) is 17.1 Å². The normalized spacial score (nSPS) is 10.9. The van der Waals surface area contributed by atoms with Gasteiger partial charge in [-0.1, -0.05) is 13.8 Å². The van der Waals surface area contributed by atoms with Crippen LogP contribution in [0.4, 0.5) is 4.39 Å². The standard InChI is InChI=1S/C16H18FN3S/c1-4-20(5-2)21-13-7-8-14(15(17)10-13)16-9-6-12(11-18)19(16)3/h6-10H,4-5H2,1-3H3. The fourth-order valence-corrected chi connectivity index (χ4v) is 3.00. The van der Waals surface area contributed by atoms with Crippen LogP contribution >= 0.6 is 11.9 Å². The summed E-state index contributed by atoms with van der Waals surface area (Å²) < 4.78 is 18.2. The lowest BCUT2D eigenvalue weighted by atomic mass is 10.1. The van der Waals surface area contributed by atoms with Gasteiger partial charge in [-0.05, 0) is 42.3 Å². The average Bonchev–Trinajstić information content (AvgIpc) is 2.85. The van der Waals surface area contributed by atoms with E-state index in [9.17, 15) is 4.39 Å². The first kappa shape index (κ1) is 15.6. The number of aromatic nitrogens is 1. The molecule has 0 atom stereocenters. The van der Waals surface area contributed by atoms with Gasteiger partial charge in [0.25, 0.3) is 0 Å². The molecule has 0 saturated heterocycles. The molecule has 0 fully saturated rings. The predicted octanol–water partition coefficient (Wildman–Crippen LogP) is 4.05. The molecule has 2 rings (SSSR count). The number of hydrogen-bond donors (Lipinski definition) is 0. The zero-order valence-electron chi connectivity index (χ0n) is 12.4. The Labute approximate surface area is 129 Å². The third-order valence-corrected chi connectivity index (χ3v) is 4.63. The molecule has 0 bridgehead atoms. The first-order valence-electron chi connectivity index (χ1n) is 6.89. The third-order valence-electron chi connectivity index (χ3n) is 3.39. The highest BCUT2D eigenvalue weighted by molar-refractivity contribution is 7.97. The Hall–Kier alpha value is -1.77. The summed E-state index contributed by atoms with van der Waals surface area (Å²) in [4.78, 5) is 0.884. The van der Waals surface area contributed by atoms with Gasteiger partial charge in [-0.15, -0.1) is 0 Å². The van der Waals surface area contributed by atoms with Gasteiger partial charge in [0.15, 0.2) is 0 Å². The molecule has 0 N–H and O–H groups in total. The Balaban J connectivity index is 2.31. The van der Waals surface area contributed by atoms with Gasteiger partial charge in [-0.25, -0.2) is 8.70 Å². The van der Waals surface area contributed by atoms with E-state index in [1.54, 1.807) is 47.8 Å². The third kappa shape index (κ3) is 3.29. The van der Waals surface area contributed by atoms with E-state index in [0.29, 0.717) is 17.0 Å². The van der Waals surface area contributed by atoms with Crippen LogP contribution in [0.1, 0.15) is 19.5 Å². The number of rotatable bonds is 5. The van der Waals surface area contributed by atoms with Crippen molar-refractivity contribution < 1.29 is 4.39 Å². The Morgan fingerprint density at radius 2 is 1.95 bits per heavy atom. The molecule has 3 nitrogen and oxygen atoms in total. The van der Waals surface area contributed by atoms with E-state index in [4.69, 9.17) is 5.26 Å². The zero-order valence-corrected chi connectivity index (χ0v) is 13.2. The summed E-state index contributed by atoms with van der Waals surface area (Å²) in [5.74, 6) is -0.266. The molecule has 0 aliphatic carbocycles. The molecule has 0 unspecified atom stereocenters. The maximum absolute atomic E-state index is 14.4. The van der Waals surface area contributed by atoms with Gasteiger partial charge < -0.3 is 4.57 Å². The molecule has 0 aliphatic rings. The van der Waals surface area contributed by atoms with Gasteiger partial charge in [-0.3, -0.25) is 0 Å². The molecule has 110 valence electrons. The number of hydrogen-bond acceptors (Lipinski definition) is 3. The molecule has 0 aliphatic heterocycles. The highest BCUT2D eigenvalue weighted by atomic mass is 32.2. The van der Waals surface area contributed by atoms with Crippen molar-refractivity contribution in [2.45, 2.75) is 18.7 Å². The number of nitriles is 1. The van der Waals surface area contributed by atoms with E-state index >= 15 is 0 Å². The molecule has 0 amide bonds. The summed E-state index contributed by atoms with van der Waals surface area (Å²) >= 11 is 1.55. The molecular weight excluding hydrogens is 285 g/mol. The van der Waals surface area contributed by atoms with Crippen LogP contribution in [-0.4, -0.2) is 22.0 Å². The van der Waals surface area contributed by atoms with E-state index in [1.165, 1.54) is 0 Å². The van der Waals surface area contributed by atoms with Crippen molar-refractivity contribution in [3.05, 3.63) is 41.8 Å². The average molecular weight is 303 g/mol. The first-order valence-corrected chi connectivity index (χ1v) is 7.66. The van der Waals surface area contributed by atoms with Crippen LogP contribution < -0.4 is 0 Å². The Morgan fingerprint density at radius 1 is 1.24 bits per heavy atom. The topological polar surface area (TPSA) is 32.0 Å². The van der Waals surface area contributed by atoms with E-state index in [2.05, 4.69) is 24.2 Å². The Bertz CT molecular complexity index is 669. The van der Waals surface area contributed by atoms with Crippen LogP contribution in [-0.2, 0) is 7.05 Å². The molecule has 0 radical (unpaired) electrons. The van der Waals surface area contributed by atoms with Gasteiger partial charge in [0.1, 0.15) is 17.6 Å². The zero-order chi connectivity index (χ0) is 15.4. The lowest BCUT2D eigenvalue weighted by molar-refractivity contribution is 0.524. The van der Waals surface area contributed by atoms with Gasteiger partial charge in [0.2, 0.25) is 0 Å². The summed E-state index contributed by atoms with van der Waals surface area (Å²) in [5, 5.41) is 8.97. The highest BCUT2D eigenvalue weighted by Crippen LogP contribution is 2.29. The summed E-state index contributed by atoms with van der Waals surface area (Å²) in [5.41, 5.74) is 1.75. The van der Waals surface area contributed by atoms with Crippen LogP contribution in [0.3, 0.4) is 0 Å². The Morgan fingerprint density at radius 3 is 2.48 bits per heavy atom. The highest BCUT2D eigenvalue weighted by Gasteiger charge is 2.12. The lowest BCUT2D eigenvalue weighted by Gasteiger charge is -2.17. The molecule has 2 aromatic rings. The SMILES string of the molecule is CCN(CC)Sc1ccc(-c2ccc(C#N)n2C)c(F)c1. The molecule has 0 saturated carbocycles.